The zero-order valence-electron chi connectivity index (χ0n) is 28.4. The molecular weight excluding hydrogens is 636 g/mol. The lowest BCUT2D eigenvalue weighted by molar-refractivity contribution is -0.194. The van der Waals surface area contributed by atoms with E-state index in [0.717, 1.165) is 11.1 Å². The van der Waals surface area contributed by atoms with Crippen molar-refractivity contribution in [3.05, 3.63) is 119 Å². The maximum atomic E-state index is 15.5. The van der Waals surface area contributed by atoms with E-state index in [4.69, 9.17) is 18.9 Å². The highest BCUT2D eigenvalue weighted by Crippen LogP contribution is 2.74. The number of methoxy groups -OCH3 is 2. The molecule has 4 atom stereocenters. The highest BCUT2D eigenvalue weighted by atomic mass is 16.5. The summed E-state index contributed by atoms with van der Waals surface area (Å²) in [6.07, 6.45) is 0. The molecule has 256 valence electrons. The van der Waals surface area contributed by atoms with E-state index in [1.165, 1.54) is 0 Å². The summed E-state index contributed by atoms with van der Waals surface area (Å²) >= 11 is 0. The molecule has 1 saturated carbocycles. The number of benzene rings is 4. The van der Waals surface area contributed by atoms with Gasteiger partial charge in [-0.05, 0) is 72.5 Å². The number of rotatable bonds is 10. The topological polar surface area (TPSA) is 112 Å². The summed E-state index contributed by atoms with van der Waals surface area (Å²) in [7, 11) is 3.16. The summed E-state index contributed by atoms with van der Waals surface area (Å²) < 4.78 is 22.0. The van der Waals surface area contributed by atoms with Crippen molar-refractivity contribution in [3.8, 4) is 11.5 Å². The number of amides is 2. The van der Waals surface area contributed by atoms with Crippen LogP contribution < -0.4 is 19.3 Å². The molecule has 2 spiro atoms. The van der Waals surface area contributed by atoms with Crippen LogP contribution in [0.1, 0.15) is 36.1 Å². The Labute approximate surface area is 290 Å². The summed E-state index contributed by atoms with van der Waals surface area (Å²) in [4.78, 5) is 62.8. The number of anilines is 2. The molecule has 4 aromatic rings. The number of carbonyl (C=O) groups excluding carboxylic acids is 4. The van der Waals surface area contributed by atoms with Gasteiger partial charge in [-0.15, -0.1) is 0 Å². The van der Waals surface area contributed by atoms with Crippen molar-refractivity contribution < 1.29 is 38.1 Å². The maximum Gasteiger partial charge on any atom is 0.311 e. The third-order valence-electron chi connectivity index (χ3n) is 10.4. The molecule has 0 aromatic heterocycles. The molecule has 0 N–H and O–H groups in total. The van der Waals surface area contributed by atoms with E-state index in [9.17, 15) is 9.59 Å². The van der Waals surface area contributed by atoms with Gasteiger partial charge in [-0.1, -0.05) is 60.7 Å². The molecular formula is C40H38N2O8. The maximum absolute atomic E-state index is 15.5. The van der Waals surface area contributed by atoms with Gasteiger partial charge in [0.1, 0.15) is 22.3 Å². The summed E-state index contributed by atoms with van der Waals surface area (Å²) in [5.74, 6) is -3.72. The van der Waals surface area contributed by atoms with Crippen molar-refractivity contribution in [1.29, 1.82) is 0 Å². The lowest BCUT2D eigenvalue weighted by atomic mass is 9.34. The molecule has 2 aliphatic heterocycles. The fourth-order valence-electron chi connectivity index (χ4n) is 8.45. The highest BCUT2D eigenvalue weighted by Gasteiger charge is 2.88. The second-order valence-corrected chi connectivity index (χ2v) is 12.6. The Morgan fingerprint density at radius 1 is 0.580 bits per heavy atom. The zero-order chi connectivity index (χ0) is 35.2. The number of fused-ring (bicyclic) bond motifs is 5. The van der Waals surface area contributed by atoms with Crippen LogP contribution in [0.3, 0.4) is 0 Å². The van der Waals surface area contributed by atoms with Gasteiger partial charge in [0.15, 0.2) is 0 Å². The van der Waals surface area contributed by atoms with E-state index in [2.05, 4.69) is 0 Å². The van der Waals surface area contributed by atoms with Gasteiger partial charge in [0.05, 0.1) is 52.4 Å². The quantitative estimate of drug-likeness (QED) is 0.207. The molecule has 3 aliphatic rings. The van der Waals surface area contributed by atoms with Gasteiger partial charge in [0, 0.05) is 11.4 Å². The first kappa shape index (κ1) is 32.9. The average Bonchev–Trinajstić information content (AvgIpc) is 3.54. The minimum atomic E-state index is -1.82. The Morgan fingerprint density at radius 3 is 1.28 bits per heavy atom. The van der Waals surface area contributed by atoms with Crippen LogP contribution in [0.15, 0.2) is 97.1 Å². The molecule has 1 fully saturated rings. The Balaban J connectivity index is 1.47. The Hall–Kier alpha value is -5.64. The number of hydrogen-bond donors (Lipinski definition) is 0. The molecule has 7 rings (SSSR count). The number of para-hydroxylation sites is 2. The summed E-state index contributed by atoms with van der Waals surface area (Å²) in [6, 6.07) is 29.2. The predicted molar refractivity (Wildman–Crippen MR) is 185 cm³/mol. The number of carbonyl (C=O) groups is 4. The van der Waals surface area contributed by atoms with Crippen LogP contribution >= 0.6 is 0 Å². The molecule has 0 radical (unpaired) electrons. The molecule has 0 saturated heterocycles. The lowest BCUT2D eigenvalue weighted by Gasteiger charge is -2.61. The molecule has 10 heteroatoms. The second kappa shape index (κ2) is 12.7. The van der Waals surface area contributed by atoms with Crippen LogP contribution in [0.4, 0.5) is 11.4 Å². The van der Waals surface area contributed by atoms with E-state index in [0.29, 0.717) is 34.0 Å². The average molecular weight is 675 g/mol. The van der Waals surface area contributed by atoms with Gasteiger partial charge >= 0.3 is 11.9 Å². The highest BCUT2D eigenvalue weighted by molar-refractivity contribution is 6.24. The third-order valence-corrected chi connectivity index (χ3v) is 10.4. The van der Waals surface area contributed by atoms with Crippen molar-refractivity contribution in [1.82, 2.24) is 0 Å². The van der Waals surface area contributed by atoms with E-state index in [1.54, 1.807) is 62.1 Å². The number of nitrogens with zero attached hydrogens (tertiary/aromatic N) is 2. The normalized spacial score (nSPS) is 23.0. The predicted octanol–water partition coefficient (Wildman–Crippen LogP) is 5.35. The molecule has 50 heavy (non-hydrogen) atoms. The van der Waals surface area contributed by atoms with Gasteiger partial charge in [-0.25, -0.2) is 0 Å². The van der Waals surface area contributed by atoms with Crippen molar-refractivity contribution in [2.24, 2.45) is 11.8 Å². The van der Waals surface area contributed by atoms with Crippen molar-refractivity contribution >= 4 is 35.1 Å². The van der Waals surface area contributed by atoms with Gasteiger partial charge in [-0.3, -0.25) is 19.2 Å². The van der Waals surface area contributed by atoms with E-state index in [-0.39, 0.29) is 26.3 Å². The Morgan fingerprint density at radius 2 is 0.940 bits per heavy atom. The molecule has 10 nitrogen and oxygen atoms in total. The fraction of sp³-hybridized carbons (Fsp3) is 0.300. The largest absolute Gasteiger partial charge is 0.497 e. The van der Waals surface area contributed by atoms with Gasteiger partial charge < -0.3 is 28.7 Å². The number of ether oxygens (including phenoxy) is 4. The summed E-state index contributed by atoms with van der Waals surface area (Å²) in [6.45, 7) is 3.70. The van der Waals surface area contributed by atoms with Crippen LogP contribution in [0, 0.1) is 11.8 Å². The van der Waals surface area contributed by atoms with Crippen LogP contribution in [-0.2, 0) is 52.6 Å². The minimum Gasteiger partial charge on any atom is -0.497 e. The first-order valence-electron chi connectivity index (χ1n) is 16.7. The Bertz CT molecular complexity index is 1830. The molecule has 0 unspecified atom stereocenters. The standard InChI is InChI=1S/C40H38N2O8/c1-5-49-35(43)33-34(36(44)50-6-2)40(30-12-8-10-14-32(30)42(38(40)46)24-26-17-21-28(48-4)22-18-26)39(33)29-11-7-9-13-31(29)41(37(39)45)23-25-15-19-27(47-3)20-16-25/h7-22,33-34H,5-6,23-24H2,1-4H3/t33-,34-,39+,40+/m0/s1. The summed E-state index contributed by atoms with van der Waals surface area (Å²) in [5, 5.41) is 0. The van der Waals surface area contributed by atoms with Gasteiger partial charge in [0.2, 0.25) is 11.8 Å². The van der Waals surface area contributed by atoms with E-state index >= 15 is 9.59 Å². The lowest BCUT2D eigenvalue weighted by Crippen LogP contribution is -2.80. The van der Waals surface area contributed by atoms with Crippen molar-refractivity contribution in [3.63, 3.8) is 0 Å². The van der Waals surface area contributed by atoms with Gasteiger partial charge in [0.25, 0.3) is 0 Å². The molecule has 2 amide bonds. The molecule has 2 heterocycles. The van der Waals surface area contributed by atoms with Gasteiger partial charge in [-0.2, -0.15) is 0 Å². The number of esters is 2. The smallest absolute Gasteiger partial charge is 0.311 e. The van der Waals surface area contributed by atoms with Crippen LogP contribution in [0.5, 0.6) is 11.5 Å². The van der Waals surface area contributed by atoms with Crippen LogP contribution in [0.25, 0.3) is 0 Å². The van der Waals surface area contributed by atoms with E-state index in [1.807, 2.05) is 72.8 Å². The first-order valence-corrected chi connectivity index (χ1v) is 16.7. The van der Waals surface area contributed by atoms with Crippen LogP contribution in [0.2, 0.25) is 0 Å². The monoisotopic (exact) mass is 674 g/mol. The second-order valence-electron chi connectivity index (χ2n) is 12.6. The minimum absolute atomic E-state index is 0.0213. The van der Waals surface area contributed by atoms with Crippen LogP contribution in [-0.4, -0.2) is 51.2 Å². The first-order chi connectivity index (χ1) is 24.3. The molecule has 4 aromatic carbocycles. The molecule has 1 aliphatic carbocycles. The van der Waals surface area contributed by atoms with Crippen molar-refractivity contribution in [2.45, 2.75) is 37.8 Å². The SMILES string of the molecule is CCOC(=O)[C@@H]1[C@@H](C(=O)OCC)[C@]2(C(=O)N(Cc3ccc(OC)cc3)c3ccccc32)[C@@]12C(=O)N(Cc1ccc(OC)cc1)c1ccccc12. The third kappa shape index (κ3) is 4.47. The number of hydrogen-bond acceptors (Lipinski definition) is 8. The molecule has 0 bridgehead atoms. The summed E-state index contributed by atoms with van der Waals surface area (Å²) in [5.41, 5.74) is 0.0921. The zero-order valence-corrected chi connectivity index (χ0v) is 28.4. The van der Waals surface area contributed by atoms with E-state index < -0.39 is 46.4 Å². The Kier molecular flexibility index (Phi) is 8.33. The van der Waals surface area contributed by atoms with Crippen molar-refractivity contribution in [2.75, 3.05) is 37.2 Å². The fourth-order valence-corrected chi connectivity index (χ4v) is 8.45.